The zero-order valence-corrected chi connectivity index (χ0v) is 20.1. The Kier molecular flexibility index (Phi) is 4.13. The molecule has 1 N–H and O–H groups in total. The van der Waals surface area contributed by atoms with Gasteiger partial charge in [0.1, 0.15) is 18.0 Å². The fraction of sp³-hybridized carbons (Fsp3) is 1.00. The summed E-state index contributed by atoms with van der Waals surface area (Å²) in [6.07, 6.45) is 3.60. The van der Waals surface area contributed by atoms with E-state index in [0.717, 1.165) is 38.8 Å². The molecule has 7 rings (SSSR count). The van der Waals surface area contributed by atoms with E-state index in [2.05, 4.69) is 18.7 Å². The van der Waals surface area contributed by atoms with Gasteiger partial charge in [-0.05, 0) is 37.1 Å². The molecule has 0 unspecified atom stereocenters. The second kappa shape index (κ2) is 6.28. The van der Waals surface area contributed by atoms with Gasteiger partial charge in [0.25, 0.3) is 0 Å². The van der Waals surface area contributed by atoms with Crippen molar-refractivity contribution >= 4 is 0 Å². The van der Waals surface area contributed by atoms with Gasteiger partial charge in [0.15, 0.2) is 0 Å². The first-order valence-electron chi connectivity index (χ1n) is 12.7. The van der Waals surface area contributed by atoms with Crippen LogP contribution in [0, 0.1) is 34.5 Å². The molecule has 3 spiro atoms. The highest BCUT2D eigenvalue weighted by Gasteiger charge is 2.93. The summed E-state index contributed by atoms with van der Waals surface area (Å²) in [6, 6.07) is 0.0916. The Labute approximate surface area is 191 Å². The van der Waals surface area contributed by atoms with Crippen LogP contribution in [-0.2, 0) is 23.7 Å². The smallest absolute Gasteiger partial charge is 0.148 e. The molecule has 7 nitrogen and oxygen atoms in total. The quantitative estimate of drug-likeness (QED) is 0.700. The number of piperidine rings is 1. The van der Waals surface area contributed by atoms with Crippen LogP contribution in [0.15, 0.2) is 0 Å². The molecule has 5 saturated carbocycles. The van der Waals surface area contributed by atoms with Crippen molar-refractivity contribution in [2.45, 2.75) is 81.2 Å². The summed E-state index contributed by atoms with van der Waals surface area (Å²) in [5.74, 6) is 1.05. The first kappa shape index (κ1) is 21.0. The Hall–Kier alpha value is -0.280. The molecule has 180 valence electrons. The monoisotopic (exact) mass is 449 g/mol. The molecule has 7 fully saturated rings. The topological polar surface area (TPSA) is 69.6 Å². The van der Waals surface area contributed by atoms with Crippen LogP contribution in [0.4, 0.5) is 0 Å². The zero-order chi connectivity index (χ0) is 22.3. The number of fused-ring (bicyclic) bond motifs is 1. The molecular formula is C25H39NO6. The van der Waals surface area contributed by atoms with Gasteiger partial charge in [-0.15, -0.1) is 0 Å². The van der Waals surface area contributed by atoms with Crippen molar-refractivity contribution in [2.75, 3.05) is 41.2 Å². The van der Waals surface area contributed by atoms with Gasteiger partial charge in [-0.3, -0.25) is 4.90 Å². The lowest BCUT2D eigenvalue weighted by molar-refractivity contribution is -0.282. The average Bonchev–Trinajstić information content (AvgIpc) is 3.37. The second-order valence-corrected chi connectivity index (χ2v) is 12.1. The molecule has 2 aliphatic heterocycles. The van der Waals surface area contributed by atoms with Crippen LogP contribution in [0.2, 0.25) is 0 Å². The molecule has 0 aromatic heterocycles. The minimum absolute atomic E-state index is 0.0392. The summed E-state index contributed by atoms with van der Waals surface area (Å²) in [5, 5.41) is 12.4. The summed E-state index contributed by atoms with van der Waals surface area (Å²) in [5.41, 5.74) is -1.48. The lowest BCUT2D eigenvalue weighted by Gasteiger charge is -2.69. The highest BCUT2D eigenvalue weighted by atomic mass is 16.7. The third kappa shape index (κ3) is 1.80. The summed E-state index contributed by atoms with van der Waals surface area (Å²) in [4.78, 5) is 2.64. The molecule has 2 saturated heterocycles. The van der Waals surface area contributed by atoms with Gasteiger partial charge in [-0.2, -0.15) is 0 Å². The molecule has 5 aliphatic carbocycles. The van der Waals surface area contributed by atoms with E-state index in [1.54, 1.807) is 0 Å². The number of nitrogens with zero attached hydrogens (tertiary/aromatic N) is 1. The van der Waals surface area contributed by atoms with Crippen LogP contribution in [0.25, 0.3) is 0 Å². The molecule has 7 aliphatic rings. The second-order valence-electron chi connectivity index (χ2n) is 12.1. The molecule has 13 atom stereocenters. The Morgan fingerprint density at radius 2 is 1.94 bits per heavy atom. The standard InChI is InChI=1S/C25H39NO6/c1-6-26-11-22(2)8-7-16(29-4)24-14-9-13-15(28-3)10-23(17(14)18(13)30-5)25(21(24)26,32-12-31-23)20(27)19(22)24/h13-21,27H,6-12H2,1-5H3/t13-,14-,15+,16+,17-,18+,19-,20+,21+,22+,23-,24+,25-/m1/s1. The lowest BCUT2D eigenvalue weighted by atomic mass is 9.43. The van der Waals surface area contributed by atoms with Crippen molar-refractivity contribution in [2.24, 2.45) is 34.5 Å². The third-order valence-electron chi connectivity index (χ3n) is 11.8. The van der Waals surface area contributed by atoms with Crippen LogP contribution >= 0.6 is 0 Å². The highest BCUT2D eigenvalue weighted by Crippen LogP contribution is 2.82. The predicted octanol–water partition coefficient (Wildman–Crippen LogP) is 1.66. The van der Waals surface area contributed by atoms with Crippen molar-refractivity contribution in [1.82, 2.24) is 4.90 Å². The van der Waals surface area contributed by atoms with E-state index in [0.29, 0.717) is 11.8 Å². The van der Waals surface area contributed by atoms with Gasteiger partial charge in [0.05, 0.1) is 30.5 Å². The number of ether oxygens (including phenoxy) is 5. The van der Waals surface area contributed by atoms with E-state index >= 15 is 0 Å². The van der Waals surface area contributed by atoms with Crippen LogP contribution in [-0.4, -0.2) is 92.9 Å². The van der Waals surface area contributed by atoms with Gasteiger partial charge in [-0.25, -0.2) is 0 Å². The van der Waals surface area contributed by atoms with Gasteiger partial charge in [0, 0.05) is 57.5 Å². The van der Waals surface area contributed by atoms with Crippen molar-refractivity contribution in [1.29, 1.82) is 0 Å². The lowest BCUT2D eigenvalue weighted by Crippen LogP contribution is -2.80. The van der Waals surface area contributed by atoms with Crippen molar-refractivity contribution in [3.63, 3.8) is 0 Å². The van der Waals surface area contributed by atoms with Crippen molar-refractivity contribution < 1.29 is 28.8 Å². The maximum Gasteiger partial charge on any atom is 0.148 e. The molecule has 7 heteroatoms. The normalized spacial score (nSPS) is 64.1. The fourth-order valence-corrected chi connectivity index (χ4v) is 11.5. The number of aliphatic hydroxyl groups is 1. The number of methoxy groups -OCH3 is 3. The fourth-order valence-electron chi connectivity index (χ4n) is 11.5. The van der Waals surface area contributed by atoms with Gasteiger partial charge in [-0.1, -0.05) is 13.8 Å². The first-order chi connectivity index (χ1) is 15.4. The Morgan fingerprint density at radius 1 is 1.12 bits per heavy atom. The summed E-state index contributed by atoms with van der Waals surface area (Å²) >= 11 is 0. The van der Waals surface area contributed by atoms with Crippen molar-refractivity contribution in [3.05, 3.63) is 0 Å². The molecule has 0 radical (unpaired) electrons. The summed E-state index contributed by atoms with van der Waals surface area (Å²) in [6.45, 7) is 6.87. The third-order valence-corrected chi connectivity index (χ3v) is 11.8. The minimum Gasteiger partial charge on any atom is -0.390 e. The SMILES string of the molecule is CCN1C[C@]2(C)CC[C@H](OC)[C@@]34[C@@H]5C[C@H]6[C@H](OC)[C@@H]5[C@@]5(C[C@@H]6OC)OCO[C@]5([C@@H](O)[C@H]23)[C@@H]14. The highest BCUT2D eigenvalue weighted by molar-refractivity contribution is 5.42. The number of hydrogen-bond donors (Lipinski definition) is 1. The summed E-state index contributed by atoms with van der Waals surface area (Å²) < 4.78 is 32.2. The molecule has 0 aromatic carbocycles. The van der Waals surface area contributed by atoms with E-state index < -0.39 is 17.3 Å². The van der Waals surface area contributed by atoms with Crippen LogP contribution < -0.4 is 0 Å². The molecule has 32 heavy (non-hydrogen) atoms. The Morgan fingerprint density at radius 3 is 2.62 bits per heavy atom. The zero-order valence-electron chi connectivity index (χ0n) is 20.1. The van der Waals surface area contributed by atoms with E-state index in [4.69, 9.17) is 23.7 Å². The molecular weight excluding hydrogens is 410 g/mol. The van der Waals surface area contributed by atoms with Gasteiger partial charge >= 0.3 is 0 Å². The predicted molar refractivity (Wildman–Crippen MR) is 115 cm³/mol. The number of hydrogen-bond acceptors (Lipinski definition) is 7. The van der Waals surface area contributed by atoms with E-state index in [9.17, 15) is 5.11 Å². The number of aliphatic hydroxyl groups excluding tert-OH is 1. The average molecular weight is 450 g/mol. The Bertz CT molecular complexity index is 826. The van der Waals surface area contributed by atoms with Crippen molar-refractivity contribution in [3.8, 4) is 0 Å². The largest absolute Gasteiger partial charge is 0.390 e. The van der Waals surface area contributed by atoms with Crippen LogP contribution in [0.1, 0.15) is 39.5 Å². The van der Waals surface area contributed by atoms with E-state index in [1.165, 1.54) is 0 Å². The molecule has 0 amide bonds. The maximum atomic E-state index is 12.4. The maximum absolute atomic E-state index is 12.4. The number of likely N-dealkylation sites (tertiary alicyclic amines) is 1. The number of rotatable bonds is 4. The van der Waals surface area contributed by atoms with E-state index in [-0.39, 0.29) is 53.8 Å². The molecule has 2 heterocycles. The van der Waals surface area contributed by atoms with E-state index in [1.807, 2.05) is 21.3 Å². The first-order valence-corrected chi connectivity index (χ1v) is 12.7. The van der Waals surface area contributed by atoms with Gasteiger partial charge < -0.3 is 28.8 Å². The molecule has 0 aromatic rings. The van der Waals surface area contributed by atoms with Crippen LogP contribution in [0.5, 0.6) is 0 Å². The number of likely N-dealkylation sites (N-methyl/N-ethyl adjacent to an activating group) is 1. The molecule has 7 bridgehead atoms. The summed E-state index contributed by atoms with van der Waals surface area (Å²) in [7, 11) is 5.54. The van der Waals surface area contributed by atoms with Crippen LogP contribution in [0.3, 0.4) is 0 Å². The Balaban J connectivity index is 1.56. The van der Waals surface area contributed by atoms with Gasteiger partial charge in [0.2, 0.25) is 0 Å². The minimum atomic E-state index is -0.767.